The molecule has 0 amide bonds. The van der Waals surface area contributed by atoms with Crippen LogP contribution in [0.15, 0.2) is 36.5 Å². The van der Waals surface area contributed by atoms with Gasteiger partial charge in [-0.2, -0.15) is 0 Å². The Bertz CT molecular complexity index is 493. The molecule has 1 N–H and O–H groups in total. The van der Waals surface area contributed by atoms with Gasteiger partial charge in [-0.25, -0.2) is 0 Å². The molecule has 0 saturated carbocycles. The van der Waals surface area contributed by atoms with Crippen LogP contribution in [0.2, 0.25) is 0 Å². The van der Waals surface area contributed by atoms with Crippen molar-refractivity contribution in [3.8, 4) is 0 Å². The molecule has 1 unspecified atom stereocenters. The molecule has 0 bridgehead atoms. The van der Waals surface area contributed by atoms with Gasteiger partial charge in [0, 0.05) is 23.0 Å². The summed E-state index contributed by atoms with van der Waals surface area (Å²) in [5.41, 5.74) is 2.40. The van der Waals surface area contributed by atoms with Crippen molar-refractivity contribution in [1.29, 1.82) is 0 Å². The van der Waals surface area contributed by atoms with Crippen LogP contribution in [0.1, 0.15) is 25.3 Å². The monoisotopic (exact) mass is 306 g/mol. The van der Waals surface area contributed by atoms with E-state index in [9.17, 15) is 0 Å². The van der Waals surface area contributed by atoms with Gasteiger partial charge in [-0.3, -0.25) is 4.98 Å². The molecule has 0 aliphatic heterocycles. The van der Waals surface area contributed by atoms with Crippen LogP contribution in [0.4, 0.5) is 0 Å². The van der Waals surface area contributed by atoms with E-state index in [0.717, 1.165) is 18.6 Å². The van der Waals surface area contributed by atoms with Crippen LogP contribution in [-0.2, 0) is 6.54 Å². The number of hydrogen-bond acceptors (Lipinski definition) is 2. The van der Waals surface area contributed by atoms with Crippen molar-refractivity contribution in [2.24, 2.45) is 0 Å². The second-order valence-electron chi connectivity index (χ2n) is 4.46. The Morgan fingerprint density at radius 1 is 1.28 bits per heavy atom. The number of pyridine rings is 1. The summed E-state index contributed by atoms with van der Waals surface area (Å²) in [5.74, 6) is 0. The number of nitrogens with zero attached hydrogens (tertiary/aromatic N) is 1. The Labute approximate surface area is 117 Å². The number of halogens is 1. The summed E-state index contributed by atoms with van der Waals surface area (Å²) in [6, 6.07) is 10.4. The number of benzene rings is 1. The number of nitrogens with one attached hydrogen (secondary N) is 1. The minimum atomic E-state index is 0.624. The maximum Gasteiger partial charge on any atom is 0.0705 e. The fraction of sp³-hybridized carbons (Fsp3) is 0.400. The Hall–Kier alpha value is -0.930. The highest BCUT2D eigenvalue weighted by Gasteiger charge is 2.02. The van der Waals surface area contributed by atoms with E-state index in [1.54, 1.807) is 0 Å². The first-order valence-electron chi connectivity index (χ1n) is 6.48. The van der Waals surface area contributed by atoms with Crippen molar-refractivity contribution >= 4 is 26.8 Å². The first-order valence-corrected chi connectivity index (χ1v) is 7.40. The molecule has 0 fully saturated rings. The second kappa shape index (κ2) is 6.86. The van der Waals surface area contributed by atoms with E-state index in [0.29, 0.717) is 4.83 Å². The van der Waals surface area contributed by atoms with Crippen LogP contribution in [0, 0.1) is 0 Å². The Balaban J connectivity index is 1.95. The van der Waals surface area contributed by atoms with Crippen molar-refractivity contribution in [2.75, 3.05) is 6.54 Å². The van der Waals surface area contributed by atoms with Crippen LogP contribution >= 0.6 is 15.9 Å². The van der Waals surface area contributed by atoms with Crippen molar-refractivity contribution in [3.63, 3.8) is 0 Å². The SMILES string of the molecule is CCC(Br)CCNCc1ccnc2ccccc12. The topological polar surface area (TPSA) is 24.9 Å². The Kier molecular flexibility index (Phi) is 5.14. The quantitative estimate of drug-likeness (QED) is 0.647. The lowest BCUT2D eigenvalue weighted by molar-refractivity contribution is 0.631. The van der Waals surface area contributed by atoms with Gasteiger partial charge < -0.3 is 5.32 Å². The molecular weight excluding hydrogens is 288 g/mol. The number of rotatable bonds is 6. The van der Waals surface area contributed by atoms with Crippen molar-refractivity contribution in [1.82, 2.24) is 10.3 Å². The number of aromatic nitrogens is 1. The van der Waals surface area contributed by atoms with Crippen LogP contribution in [0.3, 0.4) is 0 Å². The molecule has 2 rings (SSSR count). The Morgan fingerprint density at radius 3 is 2.94 bits per heavy atom. The molecule has 18 heavy (non-hydrogen) atoms. The molecule has 1 aromatic heterocycles. The molecule has 0 saturated heterocycles. The molecule has 1 heterocycles. The Morgan fingerprint density at radius 2 is 2.11 bits per heavy atom. The first-order chi connectivity index (χ1) is 8.81. The predicted octanol–water partition coefficient (Wildman–Crippen LogP) is 3.89. The standard InChI is InChI=1S/C15H19BrN2/c1-2-13(16)8-9-17-11-12-7-10-18-15-6-4-3-5-14(12)15/h3-7,10,13,17H,2,8-9,11H2,1H3. The fourth-order valence-corrected chi connectivity index (χ4v) is 2.22. The van der Waals surface area contributed by atoms with Gasteiger partial charge in [0.05, 0.1) is 5.52 Å². The minimum absolute atomic E-state index is 0.624. The highest BCUT2D eigenvalue weighted by Crippen LogP contribution is 2.16. The molecule has 0 spiro atoms. The summed E-state index contributed by atoms with van der Waals surface area (Å²) < 4.78 is 0. The number of para-hydroxylation sites is 1. The van der Waals surface area contributed by atoms with Gasteiger partial charge >= 0.3 is 0 Å². The van der Waals surface area contributed by atoms with Gasteiger partial charge in [-0.15, -0.1) is 0 Å². The van der Waals surface area contributed by atoms with Gasteiger partial charge in [-0.05, 0) is 37.1 Å². The lowest BCUT2D eigenvalue weighted by Gasteiger charge is -2.09. The van der Waals surface area contributed by atoms with E-state index in [1.807, 2.05) is 12.3 Å². The van der Waals surface area contributed by atoms with Crippen LogP contribution in [-0.4, -0.2) is 16.4 Å². The maximum atomic E-state index is 4.38. The molecule has 3 heteroatoms. The zero-order chi connectivity index (χ0) is 12.8. The van der Waals surface area contributed by atoms with E-state index in [1.165, 1.54) is 23.8 Å². The van der Waals surface area contributed by atoms with E-state index >= 15 is 0 Å². The third-order valence-electron chi connectivity index (χ3n) is 3.13. The van der Waals surface area contributed by atoms with E-state index < -0.39 is 0 Å². The number of fused-ring (bicyclic) bond motifs is 1. The van der Waals surface area contributed by atoms with Crippen LogP contribution < -0.4 is 5.32 Å². The fourth-order valence-electron chi connectivity index (χ4n) is 2.00. The average molecular weight is 307 g/mol. The highest BCUT2D eigenvalue weighted by molar-refractivity contribution is 9.09. The highest BCUT2D eigenvalue weighted by atomic mass is 79.9. The smallest absolute Gasteiger partial charge is 0.0705 e. The van der Waals surface area contributed by atoms with E-state index in [2.05, 4.69) is 57.4 Å². The third kappa shape index (κ3) is 3.53. The molecule has 0 aliphatic carbocycles. The lowest BCUT2D eigenvalue weighted by Crippen LogP contribution is -2.17. The van der Waals surface area contributed by atoms with Crippen molar-refractivity contribution in [3.05, 3.63) is 42.1 Å². The van der Waals surface area contributed by atoms with E-state index in [4.69, 9.17) is 0 Å². The maximum absolute atomic E-state index is 4.38. The number of alkyl halides is 1. The summed E-state index contributed by atoms with van der Waals surface area (Å²) in [6.45, 7) is 4.16. The van der Waals surface area contributed by atoms with Gasteiger partial charge in [0.1, 0.15) is 0 Å². The molecule has 2 nitrogen and oxygen atoms in total. The predicted molar refractivity (Wildman–Crippen MR) is 81.1 cm³/mol. The normalized spacial score (nSPS) is 12.8. The van der Waals surface area contributed by atoms with Crippen LogP contribution in [0.5, 0.6) is 0 Å². The first kappa shape index (κ1) is 13.5. The largest absolute Gasteiger partial charge is 0.313 e. The summed E-state index contributed by atoms with van der Waals surface area (Å²) >= 11 is 3.65. The summed E-state index contributed by atoms with van der Waals surface area (Å²) in [4.78, 5) is 5.00. The van der Waals surface area contributed by atoms with Gasteiger partial charge in [-0.1, -0.05) is 41.1 Å². The average Bonchev–Trinajstić information content (AvgIpc) is 2.43. The van der Waals surface area contributed by atoms with Gasteiger partial charge in [0.25, 0.3) is 0 Å². The van der Waals surface area contributed by atoms with Crippen molar-refractivity contribution in [2.45, 2.75) is 31.1 Å². The van der Waals surface area contributed by atoms with E-state index in [-0.39, 0.29) is 0 Å². The van der Waals surface area contributed by atoms with Crippen molar-refractivity contribution < 1.29 is 0 Å². The van der Waals surface area contributed by atoms with Crippen LogP contribution in [0.25, 0.3) is 10.9 Å². The lowest BCUT2D eigenvalue weighted by atomic mass is 10.1. The zero-order valence-corrected chi connectivity index (χ0v) is 12.3. The second-order valence-corrected chi connectivity index (χ2v) is 5.75. The van der Waals surface area contributed by atoms with Gasteiger partial charge in [0.2, 0.25) is 0 Å². The zero-order valence-electron chi connectivity index (χ0n) is 10.7. The molecule has 0 aliphatic rings. The molecule has 96 valence electrons. The molecule has 0 radical (unpaired) electrons. The summed E-state index contributed by atoms with van der Waals surface area (Å²) in [6.07, 6.45) is 4.23. The van der Waals surface area contributed by atoms with Gasteiger partial charge in [0.15, 0.2) is 0 Å². The summed E-state index contributed by atoms with van der Waals surface area (Å²) in [7, 11) is 0. The summed E-state index contributed by atoms with van der Waals surface area (Å²) in [5, 5.41) is 4.75. The molecule has 1 aromatic carbocycles. The molecule has 1 atom stereocenters. The molecule has 2 aromatic rings. The minimum Gasteiger partial charge on any atom is -0.313 e. The number of hydrogen-bond donors (Lipinski definition) is 1. The molecular formula is C15H19BrN2. The third-order valence-corrected chi connectivity index (χ3v) is 4.24.